The minimum Gasteiger partial charge on any atom is -0.368 e. The summed E-state index contributed by atoms with van der Waals surface area (Å²) in [5, 5.41) is 7.78. The average molecular weight is 438 g/mol. The quantitative estimate of drug-likeness (QED) is 0.666. The van der Waals surface area contributed by atoms with Gasteiger partial charge in [-0.15, -0.1) is 0 Å². The molecule has 0 saturated carbocycles. The summed E-state index contributed by atoms with van der Waals surface area (Å²) >= 11 is 6.07. The monoisotopic (exact) mass is 437 g/mol. The molecule has 8 heteroatoms. The lowest BCUT2D eigenvalue weighted by molar-refractivity contribution is -0.130. The number of halogens is 1. The predicted octanol–water partition coefficient (Wildman–Crippen LogP) is 2.91. The molecule has 0 radical (unpaired) electrons. The molecule has 2 aromatic carbocycles. The van der Waals surface area contributed by atoms with E-state index in [-0.39, 0.29) is 18.4 Å². The zero-order chi connectivity index (χ0) is 21.8. The van der Waals surface area contributed by atoms with Crippen LogP contribution in [0, 0.1) is 6.92 Å². The second kappa shape index (κ2) is 9.22. The van der Waals surface area contributed by atoms with Crippen LogP contribution in [-0.4, -0.2) is 59.2 Å². The van der Waals surface area contributed by atoms with E-state index in [9.17, 15) is 9.59 Å². The van der Waals surface area contributed by atoms with Gasteiger partial charge >= 0.3 is 0 Å². The van der Waals surface area contributed by atoms with E-state index >= 15 is 0 Å². The lowest BCUT2D eigenvalue weighted by Crippen LogP contribution is -2.51. The summed E-state index contributed by atoms with van der Waals surface area (Å²) in [5.74, 6) is -0.456. The van der Waals surface area contributed by atoms with Gasteiger partial charge in [-0.2, -0.15) is 5.10 Å². The van der Waals surface area contributed by atoms with E-state index in [1.165, 1.54) is 0 Å². The average Bonchev–Trinajstić information content (AvgIpc) is 3.19. The maximum absolute atomic E-state index is 12.6. The van der Waals surface area contributed by atoms with Crippen molar-refractivity contribution in [2.24, 2.45) is 0 Å². The summed E-state index contributed by atoms with van der Waals surface area (Å²) in [6.07, 6.45) is 0. The van der Waals surface area contributed by atoms with Crippen LogP contribution >= 0.6 is 11.6 Å². The van der Waals surface area contributed by atoms with Gasteiger partial charge in [-0.1, -0.05) is 35.9 Å². The Morgan fingerprint density at radius 3 is 2.39 bits per heavy atom. The van der Waals surface area contributed by atoms with Gasteiger partial charge in [0.15, 0.2) is 5.69 Å². The number of piperazine rings is 1. The second-order valence-corrected chi connectivity index (χ2v) is 7.89. The second-order valence-electron chi connectivity index (χ2n) is 7.45. The fraction of sp³-hybridized carbons (Fsp3) is 0.261. The third kappa shape index (κ3) is 4.88. The molecule has 1 aromatic heterocycles. The first-order valence-electron chi connectivity index (χ1n) is 10.2. The van der Waals surface area contributed by atoms with Crippen LogP contribution in [0.5, 0.6) is 0 Å². The normalized spacial score (nSPS) is 13.9. The van der Waals surface area contributed by atoms with Crippen molar-refractivity contribution in [2.75, 3.05) is 37.6 Å². The molecule has 0 bridgehead atoms. The van der Waals surface area contributed by atoms with Gasteiger partial charge in [-0.05, 0) is 43.3 Å². The van der Waals surface area contributed by atoms with Gasteiger partial charge in [0, 0.05) is 42.6 Å². The highest BCUT2D eigenvalue weighted by Crippen LogP contribution is 2.20. The largest absolute Gasteiger partial charge is 0.368 e. The Kier molecular flexibility index (Phi) is 6.23. The molecule has 0 spiro atoms. The first-order chi connectivity index (χ1) is 15.0. The van der Waals surface area contributed by atoms with E-state index < -0.39 is 0 Å². The van der Waals surface area contributed by atoms with Crippen LogP contribution < -0.4 is 10.2 Å². The highest BCUT2D eigenvalue weighted by Gasteiger charge is 2.22. The summed E-state index contributed by atoms with van der Waals surface area (Å²) in [5.41, 5.74) is 3.07. The Hall–Kier alpha value is -3.32. The van der Waals surface area contributed by atoms with Gasteiger partial charge in [0.1, 0.15) is 0 Å². The fourth-order valence-corrected chi connectivity index (χ4v) is 3.85. The number of hydrogen-bond donors (Lipinski definition) is 1. The van der Waals surface area contributed by atoms with E-state index in [2.05, 4.69) is 15.3 Å². The number of nitrogens with one attached hydrogen (secondary N) is 1. The number of aromatic nitrogens is 2. The molecule has 0 aliphatic carbocycles. The lowest BCUT2D eigenvalue weighted by Gasteiger charge is -2.36. The van der Waals surface area contributed by atoms with E-state index in [1.807, 2.05) is 61.5 Å². The van der Waals surface area contributed by atoms with E-state index in [0.717, 1.165) is 30.2 Å². The number of hydrogen-bond acceptors (Lipinski definition) is 4. The van der Waals surface area contributed by atoms with Crippen LogP contribution in [0.25, 0.3) is 5.69 Å². The number of aryl methyl sites for hydroxylation is 1. The maximum Gasteiger partial charge on any atom is 0.272 e. The number of amides is 2. The van der Waals surface area contributed by atoms with Gasteiger partial charge in [-0.25, -0.2) is 4.68 Å². The molecule has 1 aliphatic rings. The summed E-state index contributed by atoms with van der Waals surface area (Å²) in [6.45, 7) is 4.49. The van der Waals surface area contributed by atoms with Crippen molar-refractivity contribution in [1.82, 2.24) is 20.0 Å². The van der Waals surface area contributed by atoms with Crippen molar-refractivity contribution in [1.29, 1.82) is 0 Å². The van der Waals surface area contributed by atoms with Gasteiger partial charge in [-0.3, -0.25) is 9.59 Å². The predicted molar refractivity (Wildman–Crippen MR) is 121 cm³/mol. The van der Waals surface area contributed by atoms with E-state index in [4.69, 9.17) is 11.6 Å². The molecule has 0 unspecified atom stereocenters. The fourth-order valence-electron chi connectivity index (χ4n) is 3.66. The molecule has 1 fully saturated rings. The molecule has 4 rings (SSSR count). The smallest absolute Gasteiger partial charge is 0.272 e. The lowest BCUT2D eigenvalue weighted by atomic mass is 10.2. The number of para-hydroxylation sites is 1. The number of carbonyl (C=O) groups is 2. The first-order valence-corrected chi connectivity index (χ1v) is 10.6. The van der Waals surface area contributed by atoms with Crippen molar-refractivity contribution in [3.63, 3.8) is 0 Å². The molecular weight excluding hydrogens is 414 g/mol. The van der Waals surface area contributed by atoms with E-state index in [1.54, 1.807) is 15.6 Å². The first kappa shape index (κ1) is 20.9. The molecule has 1 aliphatic heterocycles. The van der Waals surface area contributed by atoms with Crippen molar-refractivity contribution in [3.8, 4) is 5.69 Å². The molecule has 7 nitrogen and oxygen atoms in total. The Balaban J connectivity index is 1.30. The van der Waals surface area contributed by atoms with Crippen LogP contribution in [0.4, 0.5) is 5.69 Å². The third-order valence-corrected chi connectivity index (χ3v) is 5.56. The standard InChI is InChI=1S/C23H24ClN5O2/c1-17-14-21(26-29(17)19-7-3-2-4-8-19)23(31)25-16-22(30)28-12-10-27(11-13-28)20-9-5-6-18(24)15-20/h2-9,14-15H,10-13,16H2,1H3,(H,25,31). The van der Waals surface area contributed by atoms with Gasteiger partial charge in [0.05, 0.1) is 12.2 Å². The van der Waals surface area contributed by atoms with Gasteiger partial charge in [0.25, 0.3) is 5.91 Å². The number of carbonyl (C=O) groups excluding carboxylic acids is 2. The molecule has 1 N–H and O–H groups in total. The molecule has 1 saturated heterocycles. The van der Waals surface area contributed by atoms with Crippen LogP contribution in [-0.2, 0) is 4.79 Å². The molecule has 160 valence electrons. The Labute approximate surface area is 186 Å². The third-order valence-electron chi connectivity index (χ3n) is 5.33. The zero-order valence-electron chi connectivity index (χ0n) is 17.3. The summed E-state index contributed by atoms with van der Waals surface area (Å²) in [7, 11) is 0. The van der Waals surface area contributed by atoms with Crippen molar-refractivity contribution in [2.45, 2.75) is 6.92 Å². The van der Waals surface area contributed by atoms with Gasteiger partial charge < -0.3 is 15.1 Å². The summed E-state index contributed by atoms with van der Waals surface area (Å²) < 4.78 is 1.71. The number of rotatable bonds is 5. The van der Waals surface area contributed by atoms with Crippen LogP contribution in [0.3, 0.4) is 0 Å². The number of anilines is 1. The highest BCUT2D eigenvalue weighted by molar-refractivity contribution is 6.30. The molecule has 31 heavy (non-hydrogen) atoms. The summed E-state index contributed by atoms with van der Waals surface area (Å²) in [6, 6.07) is 19.0. The molecule has 0 atom stereocenters. The number of benzene rings is 2. The Morgan fingerprint density at radius 1 is 0.968 bits per heavy atom. The number of nitrogens with zero attached hydrogens (tertiary/aromatic N) is 4. The van der Waals surface area contributed by atoms with Crippen LogP contribution in [0.2, 0.25) is 5.02 Å². The summed E-state index contributed by atoms with van der Waals surface area (Å²) in [4.78, 5) is 29.1. The van der Waals surface area contributed by atoms with Gasteiger partial charge in [0.2, 0.25) is 5.91 Å². The SMILES string of the molecule is Cc1cc(C(=O)NCC(=O)N2CCN(c3cccc(Cl)c3)CC2)nn1-c1ccccc1. The molecule has 2 heterocycles. The van der Waals surface area contributed by atoms with Crippen LogP contribution in [0.15, 0.2) is 60.7 Å². The molecule has 3 aromatic rings. The van der Waals surface area contributed by atoms with Crippen LogP contribution in [0.1, 0.15) is 16.2 Å². The Morgan fingerprint density at radius 2 is 1.68 bits per heavy atom. The van der Waals surface area contributed by atoms with E-state index in [0.29, 0.717) is 23.8 Å². The molecule has 2 amide bonds. The van der Waals surface area contributed by atoms with Crippen molar-refractivity contribution in [3.05, 3.63) is 77.1 Å². The van der Waals surface area contributed by atoms with Crippen molar-refractivity contribution < 1.29 is 9.59 Å². The zero-order valence-corrected chi connectivity index (χ0v) is 18.0. The minimum atomic E-state index is -0.358. The molecular formula is C23H24ClN5O2. The maximum atomic E-state index is 12.6. The minimum absolute atomic E-state index is 0.0484. The topological polar surface area (TPSA) is 70.5 Å². The Bertz CT molecular complexity index is 1070. The highest BCUT2D eigenvalue weighted by atomic mass is 35.5. The van der Waals surface area contributed by atoms with Crippen molar-refractivity contribution >= 4 is 29.1 Å².